The molecule has 0 aliphatic heterocycles. The van der Waals surface area contributed by atoms with Crippen LogP contribution in [0.1, 0.15) is 5.56 Å². The Kier molecular flexibility index (Phi) is 3.10. The minimum atomic E-state index is 0.472. The van der Waals surface area contributed by atoms with Crippen molar-refractivity contribution < 1.29 is 0 Å². The second-order valence-electron chi connectivity index (χ2n) is 5.16. The maximum Gasteiger partial charge on any atom is 0.174 e. The van der Waals surface area contributed by atoms with Gasteiger partial charge in [-0.15, -0.1) is 0 Å². The predicted octanol–water partition coefficient (Wildman–Crippen LogP) is 3.93. The summed E-state index contributed by atoms with van der Waals surface area (Å²) in [5, 5.41) is 13.6. The van der Waals surface area contributed by atoms with Crippen LogP contribution < -0.4 is 0 Å². The summed E-state index contributed by atoms with van der Waals surface area (Å²) in [6.07, 6.45) is 1.56. The molecule has 23 heavy (non-hydrogen) atoms. The number of nitriles is 1. The topological polar surface area (TPSA) is 54.0 Å². The van der Waals surface area contributed by atoms with Gasteiger partial charge in [-0.1, -0.05) is 60.7 Å². The van der Waals surface area contributed by atoms with E-state index in [0.717, 1.165) is 22.5 Å². The summed E-state index contributed by atoms with van der Waals surface area (Å²) in [6, 6.07) is 24.1. The van der Waals surface area contributed by atoms with Crippen molar-refractivity contribution in [2.45, 2.75) is 0 Å². The van der Waals surface area contributed by atoms with Crippen LogP contribution in [0, 0.1) is 11.3 Å². The molecule has 0 aliphatic rings. The molecule has 4 nitrogen and oxygen atoms in total. The molecule has 0 amide bonds. The molecule has 4 rings (SSSR count). The summed E-state index contributed by atoms with van der Waals surface area (Å²) < 4.78 is 1.72. The van der Waals surface area contributed by atoms with Gasteiger partial charge in [-0.05, 0) is 6.07 Å². The summed E-state index contributed by atoms with van der Waals surface area (Å²) >= 11 is 0. The smallest absolute Gasteiger partial charge is 0.174 e. The Morgan fingerprint density at radius 1 is 0.870 bits per heavy atom. The molecule has 2 aromatic carbocycles. The summed E-state index contributed by atoms with van der Waals surface area (Å²) in [5.74, 6) is 0. The molecule has 0 saturated carbocycles. The first-order valence-electron chi connectivity index (χ1n) is 7.26. The van der Waals surface area contributed by atoms with E-state index in [1.807, 2.05) is 66.7 Å². The Balaban J connectivity index is 2.05. The first kappa shape index (κ1) is 13.2. The van der Waals surface area contributed by atoms with Crippen LogP contribution in [-0.2, 0) is 0 Å². The van der Waals surface area contributed by atoms with Crippen molar-refractivity contribution in [3.8, 4) is 28.6 Å². The third-order valence-electron chi connectivity index (χ3n) is 3.73. The average Bonchev–Trinajstić information content (AvgIpc) is 3.05. The summed E-state index contributed by atoms with van der Waals surface area (Å²) in [4.78, 5) is 4.64. The van der Waals surface area contributed by atoms with Gasteiger partial charge in [0.15, 0.2) is 5.65 Å². The highest BCUT2D eigenvalue weighted by Crippen LogP contribution is 2.26. The molecule has 0 aliphatic carbocycles. The van der Waals surface area contributed by atoms with Crippen molar-refractivity contribution in [2.75, 3.05) is 0 Å². The van der Waals surface area contributed by atoms with Gasteiger partial charge in [-0.25, -0.2) is 9.50 Å². The molecule has 0 unspecified atom stereocenters. The number of fused-ring (bicyclic) bond motifs is 1. The first-order chi connectivity index (χ1) is 11.4. The van der Waals surface area contributed by atoms with E-state index >= 15 is 0 Å². The highest BCUT2D eigenvalue weighted by atomic mass is 15.3. The number of hydrogen-bond donors (Lipinski definition) is 0. The molecule has 0 spiro atoms. The van der Waals surface area contributed by atoms with E-state index in [4.69, 9.17) is 0 Å². The van der Waals surface area contributed by atoms with Gasteiger partial charge < -0.3 is 0 Å². The number of nitrogens with zero attached hydrogens (tertiary/aromatic N) is 4. The zero-order valence-corrected chi connectivity index (χ0v) is 12.2. The van der Waals surface area contributed by atoms with Crippen molar-refractivity contribution in [3.05, 3.63) is 78.5 Å². The van der Waals surface area contributed by atoms with E-state index in [9.17, 15) is 5.26 Å². The lowest BCUT2D eigenvalue weighted by Gasteiger charge is -2.08. The molecule has 0 bridgehead atoms. The zero-order valence-electron chi connectivity index (χ0n) is 12.2. The average molecular weight is 296 g/mol. The third kappa shape index (κ3) is 2.25. The molecule has 4 heteroatoms. The van der Waals surface area contributed by atoms with Crippen LogP contribution in [0.3, 0.4) is 0 Å². The summed E-state index contributed by atoms with van der Waals surface area (Å²) in [7, 11) is 0. The van der Waals surface area contributed by atoms with Gasteiger partial charge in [-0.2, -0.15) is 10.4 Å². The molecule has 0 atom stereocenters. The maximum absolute atomic E-state index is 9.30. The lowest BCUT2D eigenvalue weighted by molar-refractivity contribution is 0.949. The Labute approximate surface area is 133 Å². The van der Waals surface area contributed by atoms with Gasteiger partial charge in [0.25, 0.3) is 0 Å². The van der Waals surface area contributed by atoms with Crippen LogP contribution in [0.5, 0.6) is 0 Å². The Morgan fingerprint density at radius 2 is 1.52 bits per heavy atom. The highest BCUT2D eigenvalue weighted by molar-refractivity contribution is 5.73. The molecule has 0 radical (unpaired) electrons. The van der Waals surface area contributed by atoms with Crippen LogP contribution >= 0.6 is 0 Å². The Hall–Kier alpha value is -3.45. The molecule has 0 N–H and O–H groups in total. The standard InChI is InChI=1S/C19H12N4/c20-12-16-13-21-23-18(15-9-5-2-6-10-15)11-17(22-19(16)23)14-7-3-1-4-8-14/h1-11,13H. The number of aromatic nitrogens is 3. The van der Waals surface area contributed by atoms with Crippen LogP contribution in [-0.4, -0.2) is 14.6 Å². The van der Waals surface area contributed by atoms with E-state index < -0.39 is 0 Å². The van der Waals surface area contributed by atoms with Gasteiger partial charge in [0.2, 0.25) is 0 Å². The molecular weight excluding hydrogens is 284 g/mol. The normalized spacial score (nSPS) is 10.6. The second kappa shape index (κ2) is 5.39. The van der Waals surface area contributed by atoms with Crippen molar-refractivity contribution in [1.29, 1.82) is 5.26 Å². The zero-order chi connectivity index (χ0) is 15.6. The molecule has 0 fully saturated rings. The van der Waals surface area contributed by atoms with Crippen molar-refractivity contribution in [1.82, 2.24) is 14.6 Å². The van der Waals surface area contributed by atoms with Crippen LogP contribution in [0.15, 0.2) is 72.9 Å². The van der Waals surface area contributed by atoms with Gasteiger partial charge >= 0.3 is 0 Å². The molecule has 108 valence electrons. The SMILES string of the molecule is N#Cc1cnn2c(-c3ccccc3)cc(-c3ccccc3)nc12. The Morgan fingerprint density at radius 3 is 2.17 bits per heavy atom. The minimum absolute atomic E-state index is 0.472. The van der Waals surface area contributed by atoms with Gasteiger partial charge in [0.1, 0.15) is 11.6 Å². The minimum Gasteiger partial charge on any atom is -0.227 e. The molecular formula is C19H12N4. The van der Waals surface area contributed by atoms with Gasteiger partial charge in [0, 0.05) is 11.1 Å². The summed E-state index contributed by atoms with van der Waals surface area (Å²) in [6.45, 7) is 0. The van der Waals surface area contributed by atoms with Crippen LogP contribution in [0.2, 0.25) is 0 Å². The maximum atomic E-state index is 9.30. The van der Waals surface area contributed by atoms with E-state index in [1.165, 1.54) is 0 Å². The lowest BCUT2D eigenvalue weighted by atomic mass is 10.1. The molecule has 2 aromatic heterocycles. The lowest BCUT2D eigenvalue weighted by Crippen LogP contribution is -1.98. The monoisotopic (exact) mass is 296 g/mol. The fraction of sp³-hybridized carbons (Fsp3) is 0. The van der Waals surface area contributed by atoms with E-state index in [-0.39, 0.29) is 0 Å². The molecule has 2 heterocycles. The predicted molar refractivity (Wildman–Crippen MR) is 88.6 cm³/mol. The van der Waals surface area contributed by atoms with Gasteiger partial charge in [0.05, 0.1) is 17.6 Å². The first-order valence-corrected chi connectivity index (χ1v) is 7.26. The van der Waals surface area contributed by atoms with Crippen LogP contribution in [0.4, 0.5) is 0 Å². The van der Waals surface area contributed by atoms with Crippen LogP contribution in [0.25, 0.3) is 28.2 Å². The molecule has 4 aromatic rings. The second-order valence-corrected chi connectivity index (χ2v) is 5.16. The quantitative estimate of drug-likeness (QED) is 0.563. The third-order valence-corrected chi connectivity index (χ3v) is 3.73. The highest BCUT2D eigenvalue weighted by Gasteiger charge is 2.13. The summed E-state index contributed by atoms with van der Waals surface area (Å²) in [5.41, 5.74) is 4.83. The number of benzene rings is 2. The van der Waals surface area contributed by atoms with E-state index in [1.54, 1.807) is 10.7 Å². The van der Waals surface area contributed by atoms with Gasteiger partial charge in [-0.3, -0.25) is 0 Å². The number of hydrogen-bond acceptors (Lipinski definition) is 3. The fourth-order valence-electron chi connectivity index (χ4n) is 2.61. The Bertz CT molecular complexity index is 1010. The number of rotatable bonds is 2. The van der Waals surface area contributed by atoms with Crippen molar-refractivity contribution >= 4 is 5.65 Å². The fourth-order valence-corrected chi connectivity index (χ4v) is 2.61. The van der Waals surface area contributed by atoms with Crippen molar-refractivity contribution in [2.24, 2.45) is 0 Å². The van der Waals surface area contributed by atoms with Crippen molar-refractivity contribution in [3.63, 3.8) is 0 Å². The van der Waals surface area contributed by atoms with E-state index in [0.29, 0.717) is 11.2 Å². The molecule has 0 saturated heterocycles. The largest absolute Gasteiger partial charge is 0.227 e. The van der Waals surface area contributed by atoms with E-state index in [2.05, 4.69) is 16.2 Å².